The third kappa shape index (κ3) is 3.21. The van der Waals surface area contributed by atoms with E-state index in [1.165, 1.54) is 12.1 Å². The van der Waals surface area contributed by atoms with Gasteiger partial charge in [0.15, 0.2) is 0 Å². The molecule has 0 saturated heterocycles. The third-order valence-corrected chi connectivity index (χ3v) is 3.51. The summed E-state index contributed by atoms with van der Waals surface area (Å²) in [4.78, 5) is 0. The first-order valence-electron chi connectivity index (χ1n) is 5.47. The summed E-state index contributed by atoms with van der Waals surface area (Å²) < 4.78 is 13.0. The van der Waals surface area contributed by atoms with Crippen molar-refractivity contribution < 1.29 is 4.39 Å². The fourth-order valence-corrected chi connectivity index (χ4v) is 2.36. The summed E-state index contributed by atoms with van der Waals surface area (Å²) in [5.41, 5.74) is 3.04. The van der Waals surface area contributed by atoms with Crippen LogP contribution in [0, 0.1) is 5.82 Å². The topological polar surface area (TPSA) is 0 Å². The Morgan fingerprint density at radius 2 is 1.89 bits per heavy atom. The van der Waals surface area contributed by atoms with Gasteiger partial charge in [-0.25, -0.2) is 4.39 Å². The molecule has 0 atom stereocenters. The van der Waals surface area contributed by atoms with E-state index in [0.717, 1.165) is 16.7 Å². The number of rotatable bonds is 3. The average Bonchev–Trinajstić information content (AvgIpc) is 2.39. The van der Waals surface area contributed by atoms with E-state index >= 15 is 0 Å². The van der Waals surface area contributed by atoms with Gasteiger partial charge in [0.05, 0.1) is 5.02 Å². The van der Waals surface area contributed by atoms with Gasteiger partial charge < -0.3 is 0 Å². The van der Waals surface area contributed by atoms with Gasteiger partial charge in [-0.1, -0.05) is 63.9 Å². The molecule has 0 unspecified atom stereocenters. The first-order valence-corrected chi connectivity index (χ1v) is 6.97. The molecule has 2 aromatic carbocycles. The van der Waals surface area contributed by atoms with Crippen molar-refractivity contribution >= 4 is 39.2 Å². The summed E-state index contributed by atoms with van der Waals surface area (Å²) in [6.07, 6.45) is 1.96. The highest BCUT2D eigenvalue weighted by Crippen LogP contribution is 2.25. The van der Waals surface area contributed by atoms with E-state index < -0.39 is 0 Å². The molecule has 92 valence electrons. The Kier molecular flexibility index (Phi) is 4.56. The largest absolute Gasteiger partial charge is 0.207 e. The lowest BCUT2D eigenvalue weighted by Crippen LogP contribution is -1.86. The van der Waals surface area contributed by atoms with Gasteiger partial charge in [0, 0.05) is 5.33 Å². The third-order valence-electron chi connectivity index (χ3n) is 2.58. The Balaban J connectivity index is 2.41. The molecule has 0 radical (unpaired) electrons. The van der Waals surface area contributed by atoms with Crippen LogP contribution in [0.3, 0.4) is 0 Å². The monoisotopic (exact) mass is 324 g/mol. The van der Waals surface area contributed by atoms with Gasteiger partial charge in [0.25, 0.3) is 0 Å². The summed E-state index contributed by atoms with van der Waals surface area (Å²) in [5.74, 6) is -0.322. The molecule has 0 heterocycles. The molecule has 18 heavy (non-hydrogen) atoms. The number of halogens is 3. The molecule has 0 aromatic heterocycles. The van der Waals surface area contributed by atoms with Gasteiger partial charge in [-0.2, -0.15) is 0 Å². The van der Waals surface area contributed by atoms with Crippen LogP contribution in [0.2, 0.25) is 5.02 Å². The van der Waals surface area contributed by atoms with E-state index in [1.54, 1.807) is 6.07 Å². The maximum atomic E-state index is 13.0. The standard InChI is InChI=1S/C15H11BrClF/c16-10-13(11-4-2-1-3-5-11)8-12-6-7-14(18)9-15(12)17/h1-9H,10H2/b13-8+. The van der Waals surface area contributed by atoms with Crippen LogP contribution in [0.4, 0.5) is 4.39 Å². The normalized spacial score (nSPS) is 11.6. The van der Waals surface area contributed by atoms with Gasteiger partial charge in [-0.05, 0) is 34.9 Å². The van der Waals surface area contributed by atoms with E-state index in [0.29, 0.717) is 10.4 Å². The van der Waals surface area contributed by atoms with E-state index in [4.69, 9.17) is 11.6 Å². The molecule has 2 aromatic rings. The smallest absolute Gasteiger partial charge is 0.124 e. The lowest BCUT2D eigenvalue weighted by molar-refractivity contribution is 0.628. The molecule has 0 fully saturated rings. The molecule has 0 saturated carbocycles. The Hall–Kier alpha value is -1.12. The molecular formula is C15H11BrClF. The number of benzene rings is 2. The molecule has 0 aliphatic heterocycles. The van der Waals surface area contributed by atoms with Gasteiger partial charge >= 0.3 is 0 Å². The molecule has 3 heteroatoms. The van der Waals surface area contributed by atoms with E-state index in [2.05, 4.69) is 15.9 Å². The van der Waals surface area contributed by atoms with Gasteiger partial charge in [-0.15, -0.1) is 0 Å². The van der Waals surface area contributed by atoms with Gasteiger partial charge in [0.1, 0.15) is 5.82 Å². The van der Waals surface area contributed by atoms with Crippen LogP contribution in [0.15, 0.2) is 48.5 Å². The van der Waals surface area contributed by atoms with E-state index in [-0.39, 0.29) is 5.82 Å². The minimum absolute atomic E-state index is 0.322. The second kappa shape index (κ2) is 6.17. The molecule has 0 aliphatic carbocycles. The van der Waals surface area contributed by atoms with Crippen molar-refractivity contribution in [2.75, 3.05) is 5.33 Å². The van der Waals surface area contributed by atoms with Crippen molar-refractivity contribution in [2.24, 2.45) is 0 Å². The summed E-state index contributed by atoms with van der Waals surface area (Å²) in [7, 11) is 0. The van der Waals surface area contributed by atoms with Crippen LogP contribution in [0.25, 0.3) is 11.6 Å². The van der Waals surface area contributed by atoms with Crippen molar-refractivity contribution in [3.63, 3.8) is 0 Å². The molecule has 2 rings (SSSR count). The van der Waals surface area contributed by atoms with Crippen molar-refractivity contribution in [2.45, 2.75) is 0 Å². The van der Waals surface area contributed by atoms with Crippen LogP contribution >= 0.6 is 27.5 Å². The molecule has 0 aliphatic rings. The number of hydrogen-bond acceptors (Lipinski definition) is 0. The Morgan fingerprint density at radius 3 is 2.50 bits per heavy atom. The zero-order valence-electron chi connectivity index (χ0n) is 9.54. The van der Waals surface area contributed by atoms with Crippen LogP contribution in [-0.2, 0) is 0 Å². The highest BCUT2D eigenvalue weighted by molar-refractivity contribution is 9.09. The number of alkyl halides is 1. The minimum Gasteiger partial charge on any atom is -0.207 e. The molecule has 0 bridgehead atoms. The first-order chi connectivity index (χ1) is 8.70. The lowest BCUT2D eigenvalue weighted by Gasteiger charge is -2.05. The van der Waals surface area contributed by atoms with Crippen LogP contribution in [-0.4, -0.2) is 5.33 Å². The lowest BCUT2D eigenvalue weighted by atomic mass is 10.0. The maximum Gasteiger partial charge on any atom is 0.124 e. The zero-order valence-corrected chi connectivity index (χ0v) is 11.9. The van der Waals surface area contributed by atoms with Gasteiger partial charge in [0.2, 0.25) is 0 Å². The van der Waals surface area contributed by atoms with Gasteiger partial charge in [-0.3, -0.25) is 0 Å². The fourth-order valence-electron chi connectivity index (χ4n) is 1.66. The number of hydrogen-bond donors (Lipinski definition) is 0. The van der Waals surface area contributed by atoms with Crippen molar-refractivity contribution in [3.05, 3.63) is 70.5 Å². The predicted octanol–water partition coefficient (Wildman–Crippen LogP) is 5.41. The Labute approximate surface area is 119 Å². The number of allylic oxidation sites excluding steroid dienone is 1. The van der Waals surface area contributed by atoms with E-state index in [1.807, 2.05) is 36.4 Å². The van der Waals surface area contributed by atoms with Crippen molar-refractivity contribution in [1.29, 1.82) is 0 Å². The van der Waals surface area contributed by atoms with Crippen molar-refractivity contribution in [1.82, 2.24) is 0 Å². The van der Waals surface area contributed by atoms with Crippen LogP contribution in [0.5, 0.6) is 0 Å². The van der Waals surface area contributed by atoms with E-state index in [9.17, 15) is 4.39 Å². The molecule has 0 amide bonds. The summed E-state index contributed by atoms with van der Waals surface area (Å²) >= 11 is 9.48. The van der Waals surface area contributed by atoms with Crippen LogP contribution in [0.1, 0.15) is 11.1 Å². The highest BCUT2D eigenvalue weighted by atomic mass is 79.9. The SMILES string of the molecule is Fc1ccc(/C=C(\CBr)c2ccccc2)c(Cl)c1. The minimum atomic E-state index is -0.322. The fraction of sp³-hybridized carbons (Fsp3) is 0.0667. The maximum absolute atomic E-state index is 13.0. The second-order valence-corrected chi connectivity index (χ2v) is 4.80. The summed E-state index contributed by atoms with van der Waals surface area (Å²) in [6, 6.07) is 14.4. The Bertz CT molecular complexity index is 564. The second-order valence-electron chi connectivity index (χ2n) is 3.84. The zero-order chi connectivity index (χ0) is 13.0. The Morgan fingerprint density at radius 1 is 1.17 bits per heavy atom. The van der Waals surface area contributed by atoms with Crippen LogP contribution < -0.4 is 0 Å². The molecule has 0 spiro atoms. The molecular weight excluding hydrogens is 315 g/mol. The first kappa shape index (κ1) is 13.3. The summed E-state index contributed by atoms with van der Waals surface area (Å²) in [5, 5.41) is 1.13. The average molecular weight is 326 g/mol. The molecule has 0 N–H and O–H groups in total. The highest BCUT2D eigenvalue weighted by Gasteiger charge is 2.03. The molecule has 0 nitrogen and oxygen atoms in total. The summed E-state index contributed by atoms with van der Waals surface area (Å²) in [6.45, 7) is 0. The predicted molar refractivity (Wildman–Crippen MR) is 79.5 cm³/mol. The quantitative estimate of drug-likeness (QED) is 0.522. The van der Waals surface area contributed by atoms with Crippen molar-refractivity contribution in [3.8, 4) is 0 Å².